The zero-order valence-corrected chi connectivity index (χ0v) is 11.8. The van der Waals surface area contributed by atoms with Gasteiger partial charge in [-0.2, -0.15) is 0 Å². The molecule has 3 nitrogen and oxygen atoms in total. The molecule has 1 atom stereocenters. The quantitative estimate of drug-likeness (QED) is 0.884. The van der Waals surface area contributed by atoms with Crippen LogP contribution in [0.25, 0.3) is 0 Å². The van der Waals surface area contributed by atoms with Crippen LogP contribution in [-0.2, 0) is 0 Å². The van der Waals surface area contributed by atoms with Crippen molar-refractivity contribution in [2.75, 3.05) is 39.8 Å². The molecule has 1 unspecified atom stereocenters. The van der Waals surface area contributed by atoms with E-state index in [0.29, 0.717) is 6.04 Å². The maximum Gasteiger partial charge on any atom is 0.0458 e. The van der Waals surface area contributed by atoms with Crippen LogP contribution in [0, 0.1) is 0 Å². The summed E-state index contributed by atoms with van der Waals surface area (Å²) in [5, 5.41) is 6.80. The van der Waals surface area contributed by atoms with Gasteiger partial charge in [0.1, 0.15) is 0 Å². The van der Waals surface area contributed by atoms with Crippen LogP contribution in [0.1, 0.15) is 11.6 Å². The van der Waals surface area contributed by atoms with E-state index in [1.807, 2.05) is 7.05 Å². The van der Waals surface area contributed by atoms with E-state index in [1.54, 1.807) is 0 Å². The Morgan fingerprint density at radius 1 is 1.35 bits per heavy atom. The van der Waals surface area contributed by atoms with Gasteiger partial charge in [0.15, 0.2) is 0 Å². The Morgan fingerprint density at radius 3 is 2.71 bits per heavy atom. The molecule has 1 aromatic rings. The summed E-state index contributed by atoms with van der Waals surface area (Å²) in [6.07, 6.45) is 0. The molecular weight excluding hydrogens is 278 g/mol. The minimum absolute atomic E-state index is 0.392. The van der Waals surface area contributed by atoms with Crippen LogP contribution in [0.5, 0.6) is 0 Å². The van der Waals surface area contributed by atoms with Crippen LogP contribution in [0.4, 0.5) is 0 Å². The Labute approximate surface area is 112 Å². The number of benzene rings is 1. The molecule has 17 heavy (non-hydrogen) atoms. The second kappa shape index (κ2) is 6.50. The first kappa shape index (κ1) is 13.0. The van der Waals surface area contributed by atoms with Crippen LogP contribution < -0.4 is 10.6 Å². The summed E-state index contributed by atoms with van der Waals surface area (Å²) in [5.74, 6) is 0. The SMILES string of the molecule is CNC(CN1CCNCC1)c1ccccc1Br. The molecule has 1 heterocycles. The van der Waals surface area contributed by atoms with Gasteiger partial charge in [0.05, 0.1) is 0 Å². The Balaban J connectivity index is 2.03. The average molecular weight is 298 g/mol. The van der Waals surface area contributed by atoms with Gasteiger partial charge in [-0.15, -0.1) is 0 Å². The second-order valence-corrected chi connectivity index (χ2v) is 5.27. The molecule has 1 aliphatic heterocycles. The highest BCUT2D eigenvalue weighted by atomic mass is 79.9. The summed E-state index contributed by atoms with van der Waals surface area (Å²) in [6.45, 7) is 5.56. The number of hydrogen-bond acceptors (Lipinski definition) is 3. The lowest BCUT2D eigenvalue weighted by Gasteiger charge is -2.31. The van der Waals surface area contributed by atoms with Gasteiger partial charge in [0, 0.05) is 43.2 Å². The Morgan fingerprint density at radius 2 is 2.06 bits per heavy atom. The molecule has 2 N–H and O–H groups in total. The number of rotatable bonds is 4. The first-order valence-corrected chi connectivity index (χ1v) is 6.95. The molecule has 0 aromatic heterocycles. The van der Waals surface area contributed by atoms with E-state index in [1.165, 1.54) is 10.0 Å². The maximum absolute atomic E-state index is 3.63. The summed E-state index contributed by atoms with van der Waals surface area (Å²) < 4.78 is 1.19. The van der Waals surface area contributed by atoms with Crippen LogP contribution in [-0.4, -0.2) is 44.7 Å². The molecule has 0 amide bonds. The molecular formula is C13H20BrN3. The topological polar surface area (TPSA) is 27.3 Å². The first-order valence-electron chi connectivity index (χ1n) is 6.16. The largest absolute Gasteiger partial charge is 0.314 e. The zero-order valence-electron chi connectivity index (χ0n) is 10.2. The molecule has 0 aliphatic carbocycles. The summed E-state index contributed by atoms with van der Waals surface area (Å²) in [4.78, 5) is 2.51. The van der Waals surface area contributed by atoms with Crippen LogP contribution in [0.15, 0.2) is 28.7 Å². The molecule has 4 heteroatoms. The van der Waals surface area contributed by atoms with Crippen molar-refractivity contribution in [3.63, 3.8) is 0 Å². The molecule has 0 bridgehead atoms. The molecule has 0 radical (unpaired) electrons. The molecule has 0 spiro atoms. The molecule has 1 aliphatic rings. The van der Waals surface area contributed by atoms with Crippen LogP contribution >= 0.6 is 15.9 Å². The number of halogens is 1. The van der Waals surface area contributed by atoms with E-state index in [-0.39, 0.29) is 0 Å². The Kier molecular flexibility index (Phi) is 4.98. The summed E-state index contributed by atoms with van der Waals surface area (Å²) >= 11 is 3.63. The fourth-order valence-electron chi connectivity index (χ4n) is 2.25. The lowest BCUT2D eigenvalue weighted by atomic mass is 10.1. The highest BCUT2D eigenvalue weighted by molar-refractivity contribution is 9.10. The lowest BCUT2D eigenvalue weighted by molar-refractivity contribution is 0.219. The third-order valence-electron chi connectivity index (χ3n) is 3.28. The van der Waals surface area contributed by atoms with E-state index in [0.717, 1.165) is 32.7 Å². The van der Waals surface area contributed by atoms with Crippen LogP contribution in [0.2, 0.25) is 0 Å². The van der Waals surface area contributed by atoms with E-state index >= 15 is 0 Å². The van der Waals surface area contributed by atoms with Crippen molar-refractivity contribution in [3.05, 3.63) is 34.3 Å². The van der Waals surface area contributed by atoms with Crippen molar-refractivity contribution in [1.29, 1.82) is 0 Å². The number of hydrogen-bond donors (Lipinski definition) is 2. The fourth-order valence-corrected chi connectivity index (χ4v) is 2.82. The van der Waals surface area contributed by atoms with Gasteiger partial charge in [0.2, 0.25) is 0 Å². The number of likely N-dealkylation sites (N-methyl/N-ethyl adjacent to an activating group) is 1. The van der Waals surface area contributed by atoms with E-state index in [2.05, 4.69) is 55.7 Å². The standard InChI is InChI=1S/C13H20BrN3/c1-15-13(10-17-8-6-16-7-9-17)11-4-2-3-5-12(11)14/h2-5,13,15-16H,6-10H2,1H3. The van der Waals surface area contributed by atoms with Gasteiger partial charge in [-0.3, -0.25) is 4.90 Å². The van der Waals surface area contributed by atoms with Gasteiger partial charge < -0.3 is 10.6 Å². The highest BCUT2D eigenvalue weighted by Crippen LogP contribution is 2.23. The maximum atomic E-state index is 3.63. The Hall–Kier alpha value is -0.420. The van der Waals surface area contributed by atoms with E-state index < -0.39 is 0 Å². The van der Waals surface area contributed by atoms with Gasteiger partial charge in [-0.05, 0) is 18.7 Å². The molecule has 2 rings (SSSR count). The van der Waals surface area contributed by atoms with Crippen molar-refractivity contribution in [2.45, 2.75) is 6.04 Å². The molecule has 94 valence electrons. The third-order valence-corrected chi connectivity index (χ3v) is 4.00. The normalized spacial score (nSPS) is 19.2. The van der Waals surface area contributed by atoms with E-state index in [9.17, 15) is 0 Å². The number of piperazine rings is 1. The minimum atomic E-state index is 0.392. The molecule has 1 saturated heterocycles. The smallest absolute Gasteiger partial charge is 0.0458 e. The first-order chi connectivity index (χ1) is 8.31. The van der Waals surface area contributed by atoms with Crippen molar-refractivity contribution in [1.82, 2.24) is 15.5 Å². The summed E-state index contributed by atoms with van der Waals surface area (Å²) in [7, 11) is 2.03. The Bertz CT molecular complexity index is 350. The second-order valence-electron chi connectivity index (χ2n) is 4.41. The van der Waals surface area contributed by atoms with Crippen molar-refractivity contribution < 1.29 is 0 Å². The number of nitrogens with zero attached hydrogens (tertiary/aromatic N) is 1. The highest BCUT2D eigenvalue weighted by Gasteiger charge is 2.17. The predicted octanol–water partition coefficient (Wildman–Crippen LogP) is 1.61. The summed E-state index contributed by atoms with van der Waals surface area (Å²) in [5.41, 5.74) is 1.34. The van der Waals surface area contributed by atoms with Crippen LogP contribution in [0.3, 0.4) is 0 Å². The van der Waals surface area contributed by atoms with E-state index in [4.69, 9.17) is 0 Å². The molecule has 0 saturated carbocycles. The zero-order chi connectivity index (χ0) is 12.1. The molecule has 1 fully saturated rings. The van der Waals surface area contributed by atoms with Gasteiger partial charge >= 0.3 is 0 Å². The van der Waals surface area contributed by atoms with Crippen molar-refractivity contribution >= 4 is 15.9 Å². The fraction of sp³-hybridized carbons (Fsp3) is 0.538. The minimum Gasteiger partial charge on any atom is -0.314 e. The summed E-state index contributed by atoms with van der Waals surface area (Å²) in [6, 6.07) is 8.85. The number of nitrogens with one attached hydrogen (secondary N) is 2. The van der Waals surface area contributed by atoms with Gasteiger partial charge in [-0.25, -0.2) is 0 Å². The van der Waals surface area contributed by atoms with Crippen molar-refractivity contribution in [3.8, 4) is 0 Å². The third kappa shape index (κ3) is 3.52. The van der Waals surface area contributed by atoms with Crippen molar-refractivity contribution in [2.24, 2.45) is 0 Å². The predicted molar refractivity (Wildman–Crippen MR) is 75.3 cm³/mol. The van der Waals surface area contributed by atoms with Gasteiger partial charge in [-0.1, -0.05) is 34.1 Å². The average Bonchev–Trinajstić information content (AvgIpc) is 2.38. The monoisotopic (exact) mass is 297 g/mol. The lowest BCUT2D eigenvalue weighted by Crippen LogP contribution is -2.46. The molecule has 1 aromatic carbocycles. The van der Waals surface area contributed by atoms with Gasteiger partial charge in [0.25, 0.3) is 0 Å².